The number of nitrogens with one attached hydrogen (secondary N) is 2. The van der Waals surface area contributed by atoms with Crippen LogP contribution in [0.25, 0.3) is 6.08 Å². The Morgan fingerprint density at radius 1 is 1.06 bits per heavy atom. The van der Waals surface area contributed by atoms with Crippen molar-refractivity contribution in [1.82, 2.24) is 14.9 Å². The van der Waals surface area contributed by atoms with E-state index in [-0.39, 0.29) is 0 Å². The first-order chi connectivity index (χ1) is 15.4. The van der Waals surface area contributed by atoms with Crippen molar-refractivity contribution in [1.29, 1.82) is 0 Å². The van der Waals surface area contributed by atoms with Gasteiger partial charge < -0.3 is 5.32 Å². The standard InChI is InChI=1S/C25H31N3O3S/c1-32(30,31)27-25(29)12-11-19-7-9-20(10-8-19)18-28-15-13-22(14-16-28)26-24-17-23(24)21-5-3-2-4-6-21/h2-12,22-24,26H,13-18H2,1H3,(H,27,29). The first kappa shape index (κ1) is 22.7. The lowest BCUT2D eigenvalue weighted by atomic mass is 10.0. The van der Waals surface area contributed by atoms with Gasteiger partial charge in [-0.2, -0.15) is 0 Å². The number of rotatable bonds is 8. The highest BCUT2D eigenvalue weighted by atomic mass is 32.2. The zero-order valence-electron chi connectivity index (χ0n) is 18.4. The summed E-state index contributed by atoms with van der Waals surface area (Å²) in [6.07, 6.45) is 7.40. The number of nitrogens with zero attached hydrogens (tertiary/aromatic N) is 1. The molecule has 1 aliphatic heterocycles. The minimum atomic E-state index is -3.53. The molecule has 2 atom stereocenters. The highest BCUT2D eigenvalue weighted by molar-refractivity contribution is 7.89. The largest absolute Gasteiger partial charge is 0.311 e. The quantitative estimate of drug-likeness (QED) is 0.601. The lowest BCUT2D eigenvalue weighted by Gasteiger charge is -2.32. The van der Waals surface area contributed by atoms with Crippen LogP contribution in [0.4, 0.5) is 0 Å². The zero-order valence-corrected chi connectivity index (χ0v) is 19.2. The fourth-order valence-corrected chi connectivity index (χ4v) is 4.82. The fraction of sp³-hybridized carbons (Fsp3) is 0.400. The smallest absolute Gasteiger partial charge is 0.257 e. The van der Waals surface area contributed by atoms with E-state index < -0.39 is 15.9 Å². The first-order valence-electron chi connectivity index (χ1n) is 11.2. The maximum absolute atomic E-state index is 11.6. The average molecular weight is 454 g/mol. The van der Waals surface area contributed by atoms with Crippen molar-refractivity contribution in [2.45, 2.75) is 43.8 Å². The number of hydrogen-bond donors (Lipinski definition) is 2. The number of carbonyl (C=O) groups excluding carboxylic acids is 1. The van der Waals surface area contributed by atoms with E-state index in [1.165, 1.54) is 36.5 Å². The molecule has 170 valence electrons. The molecule has 1 saturated heterocycles. The molecule has 1 saturated carbocycles. The number of piperidine rings is 1. The first-order valence-corrected chi connectivity index (χ1v) is 13.1. The molecule has 2 N–H and O–H groups in total. The van der Waals surface area contributed by atoms with Gasteiger partial charge in [0.2, 0.25) is 10.0 Å². The fourth-order valence-electron chi connectivity index (χ4n) is 4.39. The Kier molecular flexibility index (Phi) is 7.08. The average Bonchev–Trinajstić information content (AvgIpc) is 3.53. The van der Waals surface area contributed by atoms with E-state index >= 15 is 0 Å². The van der Waals surface area contributed by atoms with E-state index in [0.717, 1.165) is 31.5 Å². The number of sulfonamides is 1. The van der Waals surface area contributed by atoms with E-state index in [9.17, 15) is 13.2 Å². The molecule has 0 radical (unpaired) electrons. The van der Waals surface area contributed by atoms with Crippen LogP contribution in [0.5, 0.6) is 0 Å². The van der Waals surface area contributed by atoms with Gasteiger partial charge in [0.25, 0.3) is 5.91 Å². The van der Waals surface area contributed by atoms with Gasteiger partial charge in [-0.05, 0) is 55.1 Å². The monoisotopic (exact) mass is 453 g/mol. The van der Waals surface area contributed by atoms with Crippen LogP contribution in [0.15, 0.2) is 60.7 Å². The Morgan fingerprint density at radius 3 is 2.41 bits per heavy atom. The van der Waals surface area contributed by atoms with Crippen LogP contribution in [0, 0.1) is 0 Å². The van der Waals surface area contributed by atoms with Crippen molar-refractivity contribution in [3.63, 3.8) is 0 Å². The normalized spacial score (nSPS) is 22.2. The molecule has 0 aromatic heterocycles. The minimum Gasteiger partial charge on any atom is -0.311 e. The third-order valence-electron chi connectivity index (χ3n) is 6.15. The van der Waals surface area contributed by atoms with Crippen LogP contribution in [-0.2, 0) is 21.4 Å². The lowest BCUT2D eigenvalue weighted by Crippen LogP contribution is -2.43. The van der Waals surface area contributed by atoms with E-state index in [4.69, 9.17) is 0 Å². The van der Waals surface area contributed by atoms with Crippen LogP contribution >= 0.6 is 0 Å². The van der Waals surface area contributed by atoms with Gasteiger partial charge in [-0.3, -0.25) is 9.69 Å². The Labute approximate surface area is 190 Å². The molecule has 2 aromatic carbocycles. The van der Waals surface area contributed by atoms with Gasteiger partial charge in [0, 0.05) is 30.6 Å². The second kappa shape index (κ2) is 9.98. The molecular weight excluding hydrogens is 422 g/mol. The van der Waals surface area contributed by atoms with Crippen molar-refractivity contribution in [2.75, 3.05) is 19.3 Å². The summed E-state index contributed by atoms with van der Waals surface area (Å²) in [5.74, 6) is 0.0357. The van der Waals surface area contributed by atoms with E-state index in [2.05, 4.69) is 52.7 Å². The summed E-state index contributed by atoms with van der Waals surface area (Å²) in [6, 6.07) is 20.1. The number of hydrogen-bond acceptors (Lipinski definition) is 5. The number of likely N-dealkylation sites (tertiary alicyclic amines) is 1. The number of benzene rings is 2. The minimum absolute atomic E-state index is 0.607. The number of amides is 1. The molecular formula is C25H31N3O3S. The molecule has 1 heterocycles. The van der Waals surface area contributed by atoms with Gasteiger partial charge in [0.05, 0.1) is 6.26 Å². The van der Waals surface area contributed by atoms with Gasteiger partial charge in [0.1, 0.15) is 0 Å². The topological polar surface area (TPSA) is 78.5 Å². The van der Waals surface area contributed by atoms with Gasteiger partial charge >= 0.3 is 0 Å². The second-order valence-electron chi connectivity index (χ2n) is 8.89. The Morgan fingerprint density at radius 2 is 1.75 bits per heavy atom. The van der Waals surface area contributed by atoms with Crippen molar-refractivity contribution in [2.24, 2.45) is 0 Å². The molecule has 6 nitrogen and oxygen atoms in total. The maximum Gasteiger partial charge on any atom is 0.257 e. The molecule has 1 amide bonds. The lowest BCUT2D eigenvalue weighted by molar-refractivity contribution is -0.114. The maximum atomic E-state index is 11.6. The van der Waals surface area contributed by atoms with Gasteiger partial charge in [-0.1, -0.05) is 54.6 Å². The van der Waals surface area contributed by atoms with Crippen molar-refractivity contribution < 1.29 is 13.2 Å². The van der Waals surface area contributed by atoms with E-state index in [1.807, 2.05) is 16.9 Å². The van der Waals surface area contributed by atoms with Gasteiger partial charge in [-0.25, -0.2) is 13.1 Å². The van der Waals surface area contributed by atoms with Crippen molar-refractivity contribution in [3.05, 3.63) is 77.4 Å². The Bertz CT molecular complexity index is 1040. The summed E-state index contributed by atoms with van der Waals surface area (Å²) in [5, 5.41) is 3.87. The third kappa shape index (κ3) is 6.76. The van der Waals surface area contributed by atoms with Gasteiger partial charge in [-0.15, -0.1) is 0 Å². The van der Waals surface area contributed by atoms with Crippen LogP contribution in [0.2, 0.25) is 0 Å². The molecule has 2 unspecified atom stereocenters. The molecule has 2 fully saturated rings. The highest BCUT2D eigenvalue weighted by Gasteiger charge is 2.39. The number of carbonyl (C=O) groups is 1. The second-order valence-corrected chi connectivity index (χ2v) is 10.6. The van der Waals surface area contributed by atoms with E-state index in [1.54, 1.807) is 6.08 Å². The van der Waals surface area contributed by atoms with E-state index in [0.29, 0.717) is 18.0 Å². The summed E-state index contributed by atoms with van der Waals surface area (Å²) in [5.41, 5.74) is 3.55. The summed E-state index contributed by atoms with van der Waals surface area (Å²) < 4.78 is 24.0. The van der Waals surface area contributed by atoms with Gasteiger partial charge in [0.15, 0.2) is 0 Å². The van der Waals surface area contributed by atoms with Crippen LogP contribution in [-0.4, -0.2) is 50.7 Å². The molecule has 0 bridgehead atoms. The predicted molar refractivity (Wildman–Crippen MR) is 127 cm³/mol. The van der Waals surface area contributed by atoms with Crippen LogP contribution in [0.3, 0.4) is 0 Å². The molecule has 0 spiro atoms. The molecule has 32 heavy (non-hydrogen) atoms. The Balaban J connectivity index is 1.19. The van der Waals surface area contributed by atoms with Crippen LogP contribution in [0.1, 0.15) is 41.9 Å². The zero-order chi connectivity index (χ0) is 22.6. The highest BCUT2D eigenvalue weighted by Crippen LogP contribution is 2.41. The Hall–Kier alpha value is -2.48. The molecule has 2 aliphatic rings. The molecule has 4 rings (SSSR count). The molecule has 2 aromatic rings. The third-order valence-corrected chi connectivity index (χ3v) is 6.73. The predicted octanol–water partition coefficient (Wildman–Crippen LogP) is 2.89. The van der Waals surface area contributed by atoms with Crippen LogP contribution < -0.4 is 10.0 Å². The van der Waals surface area contributed by atoms with Crippen molar-refractivity contribution in [3.8, 4) is 0 Å². The molecule has 7 heteroatoms. The molecule has 1 aliphatic carbocycles. The summed E-state index contributed by atoms with van der Waals surface area (Å²) in [6.45, 7) is 3.10. The summed E-state index contributed by atoms with van der Waals surface area (Å²) in [4.78, 5) is 14.1. The van der Waals surface area contributed by atoms with Crippen molar-refractivity contribution >= 4 is 22.0 Å². The summed E-state index contributed by atoms with van der Waals surface area (Å²) >= 11 is 0. The SMILES string of the molecule is CS(=O)(=O)NC(=O)C=Cc1ccc(CN2CCC(NC3CC3c3ccccc3)CC2)cc1. The summed E-state index contributed by atoms with van der Waals surface area (Å²) in [7, 11) is -3.53.